The number of anilines is 3. The molecule has 0 atom stereocenters. The Morgan fingerprint density at radius 3 is 1.63 bits per heavy atom. The number of benzene rings is 11. The Hall–Kier alpha value is -8.46. The number of hydrogen-bond acceptors (Lipinski definition) is 1. The van der Waals surface area contributed by atoms with Gasteiger partial charge in [0.2, 0.25) is 0 Å². The van der Waals surface area contributed by atoms with E-state index in [1.54, 1.807) is 0 Å². The topological polar surface area (TPSA) is 8.17 Å². The molecule has 13 rings (SSSR count). The quantitative estimate of drug-likeness (QED) is 0.145. The van der Waals surface area contributed by atoms with Crippen LogP contribution in [0.2, 0.25) is 0 Å². The summed E-state index contributed by atoms with van der Waals surface area (Å²) in [6, 6.07) is 87.6. The van der Waals surface area contributed by atoms with Crippen molar-refractivity contribution in [3.63, 3.8) is 0 Å². The molecule has 322 valence electrons. The van der Waals surface area contributed by atoms with Gasteiger partial charge in [-0.25, -0.2) is 0 Å². The molecule has 12 aromatic rings. The number of rotatable bonds is 7. The van der Waals surface area contributed by atoms with Gasteiger partial charge in [0.1, 0.15) is 0 Å². The fourth-order valence-corrected chi connectivity index (χ4v) is 11.4. The molecule has 0 unspecified atom stereocenters. The molecule has 1 aromatic heterocycles. The first kappa shape index (κ1) is 39.9. The molecule has 2 nitrogen and oxygen atoms in total. The average Bonchev–Trinajstić information content (AvgIpc) is 3.83. The molecular formula is C66H48N2. The maximum atomic E-state index is 2.50. The molecule has 1 heterocycles. The van der Waals surface area contributed by atoms with Crippen LogP contribution in [0.1, 0.15) is 30.5 Å². The van der Waals surface area contributed by atoms with E-state index in [9.17, 15) is 0 Å². The Morgan fingerprint density at radius 2 is 0.897 bits per heavy atom. The van der Waals surface area contributed by atoms with Crippen molar-refractivity contribution in [2.45, 2.75) is 26.2 Å². The Kier molecular flexibility index (Phi) is 9.13. The number of aryl methyl sites for hydroxylation is 1. The molecule has 0 saturated heterocycles. The molecule has 0 aliphatic heterocycles. The fraction of sp³-hybridized carbons (Fsp3) is 0.0606. The van der Waals surface area contributed by atoms with Crippen molar-refractivity contribution in [1.82, 2.24) is 4.57 Å². The van der Waals surface area contributed by atoms with E-state index in [4.69, 9.17) is 0 Å². The zero-order chi connectivity index (χ0) is 45.5. The van der Waals surface area contributed by atoms with Gasteiger partial charge in [0.25, 0.3) is 0 Å². The van der Waals surface area contributed by atoms with Crippen LogP contribution in [0.15, 0.2) is 237 Å². The summed E-state index contributed by atoms with van der Waals surface area (Å²) < 4.78 is 2.39. The van der Waals surface area contributed by atoms with E-state index >= 15 is 0 Å². The average molecular weight is 869 g/mol. The molecule has 0 radical (unpaired) electrons. The molecule has 0 saturated carbocycles. The predicted octanol–water partition coefficient (Wildman–Crippen LogP) is 18.2. The van der Waals surface area contributed by atoms with Crippen LogP contribution in [0.4, 0.5) is 17.1 Å². The first-order valence-corrected chi connectivity index (χ1v) is 23.8. The minimum absolute atomic E-state index is 0.0892. The summed E-state index contributed by atoms with van der Waals surface area (Å²) in [5.74, 6) is 0. The Balaban J connectivity index is 0.996. The van der Waals surface area contributed by atoms with Crippen LogP contribution in [0, 0.1) is 6.92 Å². The summed E-state index contributed by atoms with van der Waals surface area (Å²) in [4.78, 5) is 2.50. The van der Waals surface area contributed by atoms with Gasteiger partial charge in [0.15, 0.2) is 0 Å². The standard InChI is InChI=1S/C66H48N2/c1-43-29-37-62-58(39-43)59-41-47(33-38-63(59)68(62)49-20-8-5-9-21-49)44-30-34-50(35-31-44)67(65-56-26-12-10-24-54(56)64(45-17-6-4-7-18-45)55-25-11-13-27-57(55)65)51-22-16-19-46(40-51)48-32-36-53-52-23-14-15-28-60(52)66(2,3)61(53)42-48/h4-42H,1-3H3. The first-order chi connectivity index (χ1) is 33.4. The lowest BCUT2D eigenvalue weighted by molar-refractivity contribution is 0.660. The highest BCUT2D eigenvalue weighted by molar-refractivity contribution is 6.22. The zero-order valence-corrected chi connectivity index (χ0v) is 38.4. The van der Waals surface area contributed by atoms with Gasteiger partial charge in [0.05, 0.1) is 16.7 Å². The van der Waals surface area contributed by atoms with Gasteiger partial charge >= 0.3 is 0 Å². The van der Waals surface area contributed by atoms with E-state index in [0.717, 1.165) is 17.1 Å². The number of nitrogens with zero attached hydrogens (tertiary/aromatic N) is 2. The predicted molar refractivity (Wildman–Crippen MR) is 289 cm³/mol. The van der Waals surface area contributed by atoms with E-state index in [1.165, 1.54) is 110 Å². The molecular weight excluding hydrogens is 821 g/mol. The summed E-state index contributed by atoms with van der Waals surface area (Å²) in [5, 5.41) is 7.37. The van der Waals surface area contributed by atoms with Gasteiger partial charge < -0.3 is 9.47 Å². The van der Waals surface area contributed by atoms with Crippen LogP contribution in [0.3, 0.4) is 0 Å². The molecule has 68 heavy (non-hydrogen) atoms. The SMILES string of the molecule is Cc1ccc2c(c1)c1cc(-c3ccc(N(c4cccc(-c5ccc6c(c5)C(C)(C)c5ccccc5-6)c4)c4c5ccccc5c(-c5ccccc5)c5ccccc45)cc3)ccc1n2-c1ccccc1. The highest BCUT2D eigenvalue weighted by atomic mass is 15.1. The molecule has 1 aliphatic rings. The summed E-state index contributed by atoms with van der Waals surface area (Å²) in [5.41, 5.74) is 20.8. The first-order valence-electron chi connectivity index (χ1n) is 23.8. The monoisotopic (exact) mass is 868 g/mol. The molecule has 1 aliphatic carbocycles. The largest absolute Gasteiger partial charge is 0.309 e. The van der Waals surface area contributed by atoms with Gasteiger partial charge in [-0.15, -0.1) is 0 Å². The van der Waals surface area contributed by atoms with E-state index in [0.29, 0.717) is 0 Å². The van der Waals surface area contributed by atoms with Crippen molar-refractivity contribution < 1.29 is 0 Å². The number of fused-ring (bicyclic) bond motifs is 8. The Labute approximate surface area is 397 Å². The molecule has 0 fully saturated rings. The van der Waals surface area contributed by atoms with Crippen molar-refractivity contribution in [3.8, 4) is 50.2 Å². The van der Waals surface area contributed by atoms with Crippen LogP contribution in [-0.4, -0.2) is 4.57 Å². The fourth-order valence-electron chi connectivity index (χ4n) is 11.4. The van der Waals surface area contributed by atoms with Crippen LogP contribution >= 0.6 is 0 Å². The van der Waals surface area contributed by atoms with E-state index < -0.39 is 0 Å². The Bertz CT molecular complexity index is 3880. The maximum absolute atomic E-state index is 2.50. The van der Waals surface area contributed by atoms with Gasteiger partial charge in [0, 0.05) is 44.0 Å². The van der Waals surface area contributed by atoms with E-state index in [-0.39, 0.29) is 5.41 Å². The molecule has 0 N–H and O–H groups in total. The number of hydrogen-bond donors (Lipinski definition) is 0. The second kappa shape index (κ2) is 15.6. The summed E-state index contributed by atoms with van der Waals surface area (Å²) in [7, 11) is 0. The van der Waals surface area contributed by atoms with E-state index in [2.05, 4.69) is 267 Å². The third kappa shape index (κ3) is 6.25. The smallest absolute Gasteiger partial charge is 0.0618 e. The normalized spacial score (nSPS) is 12.8. The molecule has 0 bridgehead atoms. The molecule has 11 aromatic carbocycles. The van der Waals surface area contributed by atoms with Gasteiger partial charge in [-0.05, 0) is 140 Å². The van der Waals surface area contributed by atoms with Gasteiger partial charge in [-0.1, -0.05) is 189 Å². The van der Waals surface area contributed by atoms with Gasteiger partial charge in [-0.3, -0.25) is 0 Å². The lowest BCUT2D eigenvalue weighted by Crippen LogP contribution is -2.14. The maximum Gasteiger partial charge on any atom is 0.0618 e. The lowest BCUT2D eigenvalue weighted by Gasteiger charge is -2.30. The molecule has 0 spiro atoms. The van der Waals surface area contributed by atoms with E-state index in [1.807, 2.05) is 0 Å². The minimum Gasteiger partial charge on any atom is -0.309 e. The van der Waals surface area contributed by atoms with Crippen LogP contribution < -0.4 is 4.90 Å². The second-order valence-electron chi connectivity index (χ2n) is 19.0. The van der Waals surface area contributed by atoms with Crippen LogP contribution in [0.5, 0.6) is 0 Å². The van der Waals surface area contributed by atoms with Crippen molar-refractivity contribution >= 4 is 60.4 Å². The third-order valence-electron chi connectivity index (χ3n) is 14.6. The Morgan fingerprint density at radius 1 is 0.353 bits per heavy atom. The lowest BCUT2D eigenvalue weighted by atomic mass is 9.81. The second-order valence-corrected chi connectivity index (χ2v) is 19.0. The highest BCUT2D eigenvalue weighted by Crippen LogP contribution is 2.51. The minimum atomic E-state index is -0.0892. The summed E-state index contributed by atoms with van der Waals surface area (Å²) in [6.07, 6.45) is 0. The van der Waals surface area contributed by atoms with Gasteiger partial charge in [-0.2, -0.15) is 0 Å². The van der Waals surface area contributed by atoms with Crippen molar-refractivity contribution in [2.75, 3.05) is 4.90 Å². The number of aromatic nitrogens is 1. The third-order valence-corrected chi connectivity index (χ3v) is 14.6. The summed E-state index contributed by atoms with van der Waals surface area (Å²) >= 11 is 0. The van der Waals surface area contributed by atoms with Crippen LogP contribution in [0.25, 0.3) is 93.5 Å². The van der Waals surface area contributed by atoms with Crippen molar-refractivity contribution in [3.05, 3.63) is 253 Å². The molecule has 2 heteroatoms. The zero-order valence-electron chi connectivity index (χ0n) is 38.4. The number of para-hydroxylation sites is 1. The van der Waals surface area contributed by atoms with Crippen molar-refractivity contribution in [2.24, 2.45) is 0 Å². The molecule has 0 amide bonds. The summed E-state index contributed by atoms with van der Waals surface area (Å²) in [6.45, 7) is 6.91. The van der Waals surface area contributed by atoms with Crippen LogP contribution in [-0.2, 0) is 5.41 Å². The van der Waals surface area contributed by atoms with Crippen molar-refractivity contribution in [1.29, 1.82) is 0 Å². The highest BCUT2D eigenvalue weighted by Gasteiger charge is 2.35.